The minimum Gasteiger partial charge on any atom is -0.381 e. The van der Waals surface area contributed by atoms with Gasteiger partial charge >= 0.3 is 0 Å². The first-order chi connectivity index (χ1) is 29.3. The Morgan fingerprint density at radius 1 is 0.267 bits per heavy atom. The second-order valence-corrected chi connectivity index (χ2v) is 21.7. The quantitative estimate of drug-likeness (QED) is 0.0367. The lowest BCUT2D eigenvalue weighted by molar-refractivity contribution is -1.10. The minimum atomic E-state index is -1.32. The van der Waals surface area contributed by atoms with Crippen molar-refractivity contribution in [2.75, 3.05) is 91.6 Å². The Hall–Kier alpha value is -0.320. The van der Waals surface area contributed by atoms with Crippen LogP contribution in [0.5, 0.6) is 0 Å². The third-order valence-electron chi connectivity index (χ3n) is 17.2. The number of piperazine rings is 6. The van der Waals surface area contributed by atoms with Crippen LogP contribution in [0.25, 0.3) is 0 Å². The zero-order chi connectivity index (χ0) is 42.8. The van der Waals surface area contributed by atoms with E-state index in [0.717, 1.165) is 78.5 Å². The van der Waals surface area contributed by atoms with Gasteiger partial charge in [-0.1, -0.05) is 194 Å². The first-order valence-electron chi connectivity index (χ1n) is 27.4. The van der Waals surface area contributed by atoms with Crippen LogP contribution in [-0.4, -0.2) is 155 Å². The monoisotopic (exact) mass is 851 g/mol. The maximum Gasteiger partial charge on any atom is 0.220 e. The lowest BCUT2D eigenvalue weighted by Gasteiger charge is -2.59. The predicted molar refractivity (Wildman–Crippen MR) is 252 cm³/mol. The van der Waals surface area contributed by atoms with Gasteiger partial charge in [0.05, 0.1) is 13.1 Å². The lowest BCUT2D eigenvalue weighted by Crippen LogP contribution is -2.81. The average molecular weight is 851 g/mol. The molecule has 6 fully saturated rings. The molecule has 0 spiro atoms. The number of fused-ring (bicyclic) bond motifs is 6. The van der Waals surface area contributed by atoms with Crippen LogP contribution in [-0.2, 0) is 0 Å². The number of aliphatic hydroxyl groups excluding tert-OH is 4. The molecule has 6 heterocycles. The number of hydrogen-bond donors (Lipinski definition) is 4. The zero-order valence-corrected chi connectivity index (χ0v) is 40.4. The summed E-state index contributed by atoms with van der Waals surface area (Å²) < 4.78 is 3.32. The molecule has 8 heteroatoms. The summed E-state index contributed by atoms with van der Waals surface area (Å²) in [6.45, 7) is 18.6. The van der Waals surface area contributed by atoms with E-state index in [9.17, 15) is 20.4 Å². The van der Waals surface area contributed by atoms with E-state index in [1.807, 2.05) is 0 Å². The summed E-state index contributed by atoms with van der Waals surface area (Å²) in [5.41, 5.74) is 0. The van der Waals surface area contributed by atoms with Gasteiger partial charge in [-0.2, -0.15) is 0 Å². The fourth-order valence-corrected chi connectivity index (χ4v) is 12.3. The van der Waals surface area contributed by atoms with Crippen LogP contribution >= 0.6 is 0 Å². The predicted octanol–water partition coefficient (Wildman–Crippen LogP) is 10.2. The van der Waals surface area contributed by atoms with Crippen molar-refractivity contribution in [2.24, 2.45) is 0 Å². The van der Waals surface area contributed by atoms with Gasteiger partial charge in [0.2, 0.25) is 12.5 Å². The van der Waals surface area contributed by atoms with Gasteiger partial charge in [0.15, 0.2) is 12.2 Å². The molecule has 6 aliphatic heterocycles. The van der Waals surface area contributed by atoms with E-state index in [1.165, 1.54) is 228 Å². The van der Waals surface area contributed by atoms with Crippen LogP contribution in [0.1, 0.15) is 219 Å². The topological polar surface area (TPSA) is 80.9 Å². The largest absolute Gasteiger partial charge is 0.381 e. The Morgan fingerprint density at radius 2 is 0.450 bits per heavy atom. The number of nitrogens with zero attached hydrogens (tertiary/aromatic N) is 4. The van der Waals surface area contributed by atoms with E-state index in [1.54, 1.807) is 0 Å². The van der Waals surface area contributed by atoms with Crippen molar-refractivity contribution in [1.29, 1.82) is 0 Å². The zero-order valence-electron chi connectivity index (χ0n) is 40.4. The molecule has 4 bridgehead atoms. The molecule has 0 aromatic heterocycles. The van der Waals surface area contributed by atoms with E-state index >= 15 is 0 Å². The van der Waals surface area contributed by atoms with Gasteiger partial charge in [0.25, 0.3) is 0 Å². The Morgan fingerprint density at radius 3 is 0.650 bits per heavy atom. The molecule has 0 aromatic carbocycles. The number of rotatable bonds is 39. The maximum atomic E-state index is 11.7. The normalized spacial score (nSPS) is 28.3. The van der Waals surface area contributed by atoms with Crippen LogP contribution in [0.2, 0.25) is 0 Å². The molecule has 4 N–H and O–H groups in total. The summed E-state index contributed by atoms with van der Waals surface area (Å²) in [6.07, 6.45) is 40.2. The molecule has 0 unspecified atom stereocenters. The molecule has 6 aliphatic rings. The highest BCUT2D eigenvalue weighted by atomic mass is 16.4. The second-order valence-electron chi connectivity index (χ2n) is 21.7. The highest BCUT2D eigenvalue weighted by Crippen LogP contribution is 2.34. The summed E-state index contributed by atoms with van der Waals surface area (Å²) in [7, 11) is 0. The second kappa shape index (κ2) is 29.3. The molecule has 0 aromatic rings. The third-order valence-corrected chi connectivity index (χ3v) is 17.2. The Kier molecular flexibility index (Phi) is 25.5. The Labute approximate surface area is 372 Å². The molecule has 4 atom stereocenters. The molecule has 0 radical (unpaired) electrons. The van der Waals surface area contributed by atoms with Gasteiger partial charge in [0.1, 0.15) is 78.5 Å². The summed E-state index contributed by atoms with van der Waals surface area (Å²) >= 11 is 0. The molecular formula is C52H106N4O4+4. The van der Waals surface area contributed by atoms with Crippen molar-refractivity contribution >= 4 is 0 Å². The smallest absolute Gasteiger partial charge is 0.220 e. The SMILES string of the molecule is CCCCCCCCCCCCCCCCCC[N+]12CC[N+]([C@@H](O)[C@H](O)[C@@H](O)[C@H](O)[N+]34CC[N+](CCCCCCCCCCCCCCCCCC)(CC3)CC4)(CC1)CC2. The summed E-state index contributed by atoms with van der Waals surface area (Å²) in [4.78, 5) is 0. The fourth-order valence-electron chi connectivity index (χ4n) is 12.3. The molecule has 0 amide bonds. The van der Waals surface area contributed by atoms with Gasteiger partial charge in [-0.15, -0.1) is 0 Å². The molecule has 354 valence electrons. The van der Waals surface area contributed by atoms with Crippen LogP contribution in [0.15, 0.2) is 0 Å². The molecular weight excluding hydrogens is 745 g/mol. The van der Waals surface area contributed by atoms with Crippen LogP contribution in [0, 0.1) is 0 Å². The summed E-state index contributed by atoms with van der Waals surface area (Å²) in [5.74, 6) is 0. The first kappa shape index (κ1) is 52.3. The van der Waals surface area contributed by atoms with E-state index in [0.29, 0.717) is 8.97 Å². The molecule has 0 saturated carbocycles. The van der Waals surface area contributed by atoms with E-state index in [4.69, 9.17) is 0 Å². The molecule has 6 saturated heterocycles. The van der Waals surface area contributed by atoms with Crippen molar-refractivity contribution in [3.8, 4) is 0 Å². The average Bonchev–Trinajstić information content (AvgIpc) is 3.29. The molecule has 6 rings (SSSR count). The molecule has 8 nitrogen and oxygen atoms in total. The van der Waals surface area contributed by atoms with Gasteiger partial charge < -0.3 is 29.4 Å². The Bertz CT molecular complexity index is 946. The minimum absolute atomic E-state index is 0.489. The van der Waals surface area contributed by atoms with E-state index < -0.39 is 24.7 Å². The van der Waals surface area contributed by atoms with Crippen LogP contribution in [0.3, 0.4) is 0 Å². The van der Waals surface area contributed by atoms with Crippen LogP contribution in [0.4, 0.5) is 0 Å². The van der Waals surface area contributed by atoms with Gasteiger partial charge in [-0.3, -0.25) is 8.97 Å². The lowest BCUT2D eigenvalue weighted by atomic mass is 9.97. The molecule has 60 heavy (non-hydrogen) atoms. The van der Waals surface area contributed by atoms with Gasteiger partial charge in [-0.25, -0.2) is 0 Å². The van der Waals surface area contributed by atoms with Crippen LogP contribution < -0.4 is 0 Å². The van der Waals surface area contributed by atoms with E-state index in [2.05, 4.69) is 13.8 Å². The third kappa shape index (κ3) is 17.2. The fraction of sp³-hybridized carbons (Fsp3) is 1.00. The standard InChI is InChI=1S/C52H106N4O4/c1-3-5-7-9-11-13-15-17-19-21-23-25-27-29-31-33-35-53-37-43-55(44-38-53,45-39-53)51(59)49(57)50(58)52(60)56-46-40-54(41-47-56,42-48-56)36-34-32-30-28-26-24-22-20-18-16-14-12-10-8-6-4-2/h49-52,57-60H,3-48H2,1-2H3/q+4/t49-,50-,51+,52+,53?,54?,55?,56?/m1/s1. The summed E-state index contributed by atoms with van der Waals surface area (Å²) in [6, 6.07) is 0. The molecule has 0 aliphatic carbocycles. The van der Waals surface area contributed by atoms with Crippen molar-refractivity contribution in [2.45, 2.75) is 244 Å². The summed E-state index contributed by atoms with van der Waals surface area (Å²) in [5, 5.41) is 46.2. The van der Waals surface area contributed by atoms with Crippen molar-refractivity contribution < 1.29 is 38.4 Å². The number of hydrogen-bond acceptors (Lipinski definition) is 4. The number of aliphatic hydroxyl groups is 4. The number of unbranched alkanes of at least 4 members (excludes halogenated alkanes) is 30. The number of quaternary nitrogens is 4. The van der Waals surface area contributed by atoms with Crippen molar-refractivity contribution in [3.05, 3.63) is 0 Å². The van der Waals surface area contributed by atoms with Gasteiger partial charge in [0, 0.05) is 0 Å². The van der Waals surface area contributed by atoms with Crippen molar-refractivity contribution in [1.82, 2.24) is 0 Å². The van der Waals surface area contributed by atoms with Crippen molar-refractivity contribution in [3.63, 3.8) is 0 Å². The highest BCUT2D eigenvalue weighted by molar-refractivity contribution is 4.79. The Balaban J connectivity index is 1.01. The van der Waals surface area contributed by atoms with Gasteiger partial charge in [-0.05, 0) is 25.7 Å². The van der Waals surface area contributed by atoms with E-state index in [-0.39, 0.29) is 0 Å². The first-order valence-corrected chi connectivity index (χ1v) is 27.4. The maximum absolute atomic E-state index is 11.7. The highest BCUT2D eigenvalue weighted by Gasteiger charge is 2.59.